The lowest BCUT2D eigenvalue weighted by Crippen LogP contribution is -2.43. The summed E-state index contributed by atoms with van der Waals surface area (Å²) in [4.78, 5) is 12.1. The van der Waals surface area contributed by atoms with Gasteiger partial charge >= 0.3 is 6.18 Å². The zero-order chi connectivity index (χ0) is 19.5. The first-order valence-corrected chi connectivity index (χ1v) is 9.91. The number of nitrogens with one attached hydrogen (secondary N) is 1. The van der Waals surface area contributed by atoms with Crippen molar-refractivity contribution >= 4 is 15.9 Å². The van der Waals surface area contributed by atoms with Crippen LogP contribution in [0.2, 0.25) is 0 Å². The molecule has 0 unspecified atom stereocenters. The number of sulfonamides is 1. The van der Waals surface area contributed by atoms with Crippen molar-refractivity contribution < 1.29 is 31.5 Å². The summed E-state index contributed by atoms with van der Waals surface area (Å²) < 4.78 is 61.8. The van der Waals surface area contributed by atoms with Gasteiger partial charge < -0.3 is 10.4 Å². The van der Waals surface area contributed by atoms with Crippen LogP contribution in [0, 0.1) is 5.92 Å². The van der Waals surface area contributed by atoms with Crippen molar-refractivity contribution in [2.75, 3.05) is 25.9 Å². The van der Waals surface area contributed by atoms with E-state index in [-0.39, 0.29) is 37.0 Å². The molecule has 2 N–H and O–H groups in total. The van der Waals surface area contributed by atoms with E-state index in [1.54, 1.807) is 0 Å². The lowest BCUT2D eigenvalue weighted by atomic mass is 9.97. The van der Waals surface area contributed by atoms with E-state index in [0.717, 1.165) is 18.4 Å². The lowest BCUT2D eigenvalue weighted by molar-refractivity contribution is -0.137. The van der Waals surface area contributed by atoms with E-state index in [0.29, 0.717) is 12.8 Å². The molecule has 0 saturated carbocycles. The first-order chi connectivity index (χ1) is 12.0. The van der Waals surface area contributed by atoms with Crippen molar-refractivity contribution in [3.63, 3.8) is 0 Å². The Hall–Kier alpha value is -1.65. The lowest BCUT2D eigenvalue weighted by Gasteiger charge is -2.29. The molecule has 1 saturated heterocycles. The third kappa shape index (κ3) is 5.42. The van der Waals surface area contributed by atoms with E-state index in [1.165, 1.54) is 16.4 Å². The summed E-state index contributed by atoms with van der Waals surface area (Å²) in [6, 6.07) is 4.09. The number of alkyl halides is 3. The number of hydrogen-bond donors (Lipinski definition) is 2. The highest BCUT2D eigenvalue weighted by atomic mass is 32.2. The van der Waals surface area contributed by atoms with Gasteiger partial charge in [0.25, 0.3) is 0 Å². The van der Waals surface area contributed by atoms with Gasteiger partial charge in [-0.3, -0.25) is 4.79 Å². The van der Waals surface area contributed by atoms with E-state index in [1.807, 2.05) is 0 Å². The minimum atomic E-state index is -4.45. The van der Waals surface area contributed by atoms with Crippen LogP contribution in [-0.2, 0) is 21.0 Å². The molecule has 26 heavy (non-hydrogen) atoms. The van der Waals surface area contributed by atoms with Crippen LogP contribution in [0.3, 0.4) is 0 Å². The third-order valence-electron chi connectivity index (χ3n) is 4.39. The van der Waals surface area contributed by atoms with Gasteiger partial charge in [-0.25, -0.2) is 12.7 Å². The van der Waals surface area contributed by atoms with Crippen molar-refractivity contribution in [3.8, 4) is 0 Å². The molecular formula is C16H21F3N2O4S. The van der Waals surface area contributed by atoms with Gasteiger partial charge in [0, 0.05) is 25.6 Å². The number of halogens is 3. The first-order valence-electron chi connectivity index (χ1n) is 8.06. The first kappa shape index (κ1) is 20.7. The fourth-order valence-electron chi connectivity index (χ4n) is 2.80. The van der Waals surface area contributed by atoms with Gasteiger partial charge in [-0.15, -0.1) is 0 Å². The topological polar surface area (TPSA) is 86.7 Å². The SMILES string of the molecule is CS(=O)(=O)N1CCC(C(=O)NC[C@@H](O)c2ccc(C(F)(F)F)cc2)CC1. The maximum Gasteiger partial charge on any atom is 0.416 e. The normalized spacial score (nSPS) is 18.5. The van der Waals surface area contributed by atoms with E-state index < -0.39 is 27.9 Å². The Labute approximate surface area is 150 Å². The summed E-state index contributed by atoms with van der Waals surface area (Å²) in [7, 11) is -3.27. The van der Waals surface area contributed by atoms with Gasteiger partial charge in [-0.1, -0.05) is 12.1 Å². The molecule has 1 amide bonds. The minimum absolute atomic E-state index is 0.128. The highest BCUT2D eigenvalue weighted by molar-refractivity contribution is 7.88. The van der Waals surface area contributed by atoms with Crippen molar-refractivity contribution in [1.82, 2.24) is 9.62 Å². The van der Waals surface area contributed by atoms with Crippen LogP contribution in [-0.4, -0.2) is 49.6 Å². The van der Waals surface area contributed by atoms with Crippen molar-refractivity contribution in [2.24, 2.45) is 5.92 Å². The van der Waals surface area contributed by atoms with E-state index in [4.69, 9.17) is 0 Å². The van der Waals surface area contributed by atoms with Crippen LogP contribution in [0.1, 0.15) is 30.1 Å². The molecule has 1 fully saturated rings. The number of aliphatic hydroxyl groups excluding tert-OH is 1. The smallest absolute Gasteiger partial charge is 0.387 e. The number of hydrogen-bond acceptors (Lipinski definition) is 4. The van der Waals surface area contributed by atoms with Crippen molar-refractivity contribution in [3.05, 3.63) is 35.4 Å². The molecule has 10 heteroatoms. The van der Waals surface area contributed by atoms with E-state index >= 15 is 0 Å². The molecular weight excluding hydrogens is 373 g/mol. The van der Waals surface area contributed by atoms with Crippen LogP contribution in [0.15, 0.2) is 24.3 Å². The Morgan fingerprint density at radius 3 is 2.27 bits per heavy atom. The van der Waals surface area contributed by atoms with Crippen LogP contribution in [0.25, 0.3) is 0 Å². The molecule has 0 spiro atoms. The fourth-order valence-corrected chi connectivity index (χ4v) is 3.68. The maximum absolute atomic E-state index is 12.5. The van der Waals surface area contributed by atoms with E-state index in [9.17, 15) is 31.5 Å². The summed E-state index contributed by atoms with van der Waals surface area (Å²) in [6.07, 6.45) is -3.69. The summed E-state index contributed by atoms with van der Waals surface area (Å²) >= 11 is 0. The molecule has 2 rings (SSSR count). The molecule has 1 aliphatic rings. The molecule has 0 aromatic heterocycles. The van der Waals surface area contributed by atoms with Gasteiger partial charge in [-0.05, 0) is 30.5 Å². The number of carbonyl (C=O) groups excluding carboxylic acids is 1. The van der Waals surface area contributed by atoms with Crippen LogP contribution >= 0.6 is 0 Å². The predicted octanol–water partition coefficient (Wildman–Crippen LogP) is 1.53. The molecule has 6 nitrogen and oxygen atoms in total. The molecule has 1 aliphatic heterocycles. The maximum atomic E-state index is 12.5. The van der Waals surface area contributed by atoms with Crippen molar-refractivity contribution in [2.45, 2.75) is 25.1 Å². The zero-order valence-corrected chi connectivity index (χ0v) is 15.0. The number of amides is 1. The number of rotatable bonds is 5. The Morgan fingerprint density at radius 1 is 1.27 bits per heavy atom. The van der Waals surface area contributed by atoms with Gasteiger partial charge in [-0.2, -0.15) is 13.2 Å². The van der Waals surface area contributed by atoms with Crippen LogP contribution < -0.4 is 5.32 Å². The van der Waals surface area contributed by atoms with Crippen molar-refractivity contribution in [1.29, 1.82) is 0 Å². The average Bonchev–Trinajstić information content (AvgIpc) is 2.58. The Balaban J connectivity index is 1.84. The van der Waals surface area contributed by atoms with Crippen LogP contribution in [0.5, 0.6) is 0 Å². The summed E-state index contributed by atoms with van der Waals surface area (Å²) in [5.41, 5.74) is -0.541. The monoisotopic (exact) mass is 394 g/mol. The van der Waals surface area contributed by atoms with Gasteiger partial charge in [0.2, 0.25) is 15.9 Å². The van der Waals surface area contributed by atoms with Gasteiger partial charge in [0.1, 0.15) is 0 Å². The third-order valence-corrected chi connectivity index (χ3v) is 5.69. The van der Waals surface area contributed by atoms with E-state index in [2.05, 4.69) is 5.32 Å². The number of piperidine rings is 1. The number of nitrogens with zero attached hydrogens (tertiary/aromatic N) is 1. The minimum Gasteiger partial charge on any atom is -0.387 e. The molecule has 1 heterocycles. The molecule has 1 aromatic rings. The molecule has 0 bridgehead atoms. The Bertz CT molecular complexity index is 727. The molecule has 0 aliphatic carbocycles. The summed E-state index contributed by atoms with van der Waals surface area (Å²) in [6.45, 7) is 0.396. The second-order valence-corrected chi connectivity index (χ2v) is 8.30. The molecule has 146 valence electrons. The standard InChI is InChI=1S/C16H21F3N2O4S/c1-26(24,25)21-8-6-12(7-9-21)15(23)20-10-14(22)11-2-4-13(5-3-11)16(17,18)19/h2-5,12,14,22H,6-10H2,1H3,(H,20,23)/t14-/m1/s1. The number of benzene rings is 1. The predicted molar refractivity (Wildman–Crippen MR) is 88.6 cm³/mol. The Morgan fingerprint density at radius 2 is 1.81 bits per heavy atom. The highest BCUT2D eigenvalue weighted by Gasteiger charge is 2.31. The largest absolute Gasteiger partial charge is 0.416 e. The number of aliphatic hydroxyl groups is 1. The second kappa shape index (κ2) is 7.93. The molecule has 1 aromatic carbocycles. The molecule has 1 atom stereocenters. The van der Waals surface area contributed by atoms with Gasteiger partial charge in [0.05, 0.1) is 17.9 Å². The van der Waals surface area contributed by atoms with Crippen LogP contribution in [0.4, 0.5) is 13.2 Å². The molecule has 0 radical (unpaired) electrons. The quantitative estimate of drug-likeness (QED) is 0.793. The van der Waals surface area contributed by atoms with Gasteiger partial charge in [0.15, 0.2) is 0 Å². The average molecular weight is 394 g/mol. The fraction of sp³-hybridized carbons (Fsp3) is 0.562. The Kier molecular flexibility index (Phi) is 6.30. The summed E-state index contributed by atoms with van der Waals surface area (Å²) in [5, 5.41) is 12.6. The zero-order valence-electron chi connectivity index (χ0n) is 14.2. The number of carbonyl (C=O) groups is 1. The second-order valence-electron chi connectivity index (χ2n) is 6.32. The summed E-state index contributed by atoms with van der Waals surface area (Å²) in [5.74, 6) is -0.656. The highest BCUT2D eigenvalue weighted by Crippen LogP contribution is 2.29.